The molecule has 0 aromatic carbocycles. The van der Waals surface area contributed by atoms with Gasteiger partial charge in [-0.25, -0.2) is 4.79 Å². The zero-order chi connectivity index (χ0) is 20.0. The highest BCUT2D eigenvalue weighted by Gasteiger charge is 2.40. The van der Waals surface area contributed by atoms with Crippen molar-refractivity contribution in [3.63, 3.8) is 0 Å². The van der Waals surface area contributed by atoms with E-state index in [1.807, 2.05) is 13.8 Å². The molecule has 1 aliphatic rings. The lowest BCUT2D eigenvalue weighted by molar-refractivity contribution is -0.125. The van der Waals surface area contributed by atoms with Crippen molar-refractivity contribution in [1.82, 2.24) is 5.32 Å². The number of nitrogens with one attached hydrogen (secondary N) is 1. The van der Waals surface area contributed by atoms with Crippen molar-refractivity contribution in [3.8, 4) is 5.75 Å². The van der Waals surface area contributed by atoms with Crippen molar-refractivity contribution in [2.75, 3.05) is 12.4 Å². The number of hydrogen-bond donors (Lipinski definition) is 2. The van der Waals surface area contributed by atoms with E-state index >= 15 is 0 Å². The van der Waals surface area contributed by atoms with Gasteiger partial charge >= 0.3 is 5.63 Å². The van der Waals surface area contributed by atoms with Crippen molar-refractivity contribution in [2.45, 2.75) is 52.1 Å². The van der Waals surface area contributed by atoms with Crippen LogP contribution in [-0.2, 0) is 4.79 Å². The van der Waals surface area contributed by atoms with E-state index in [2.05, 4.69) is 15.5 Å². The van der Waals surface area contributed by atoms with Gasteiger partial charge in [-0.2, -0.15) is 0 Å². The standard InChI is InChI=1S/C18H25N3O5S/c1-5-7-13(14-8-12(25-6-2)9-15(22)26-14)19-17(23)18(4)10-27-16(20-18)11(3)21-24/h8-9,13,24H,5-7,10H2,1-4H3,(H,19,23)/b21-11+/t13-,18+/m1/s1. The average Bonchev–Trinajstić information content (AvgIpc) is 3.04. The summed E-state index contributed by atoms with van der Waals surface area (Å²) < 4.78 is 10.7. The van der Waals surface area contributed by atoms with Crippen LogP contribution in [0.5, 0.6) is 5.75 Å². The molecule has 1 aromatic rings. The average molecular weight is 395 g/mol. The lowest BCUT2D eigenvalue weighted by atomic mass is 10.0. The van der Waals surface area contributed by atoms with Gasteiger partial charge < -0.3 is 19.7 Å². The summed E-state index contributed by atoms with van der Waals surface area (Å²) in [6.07, 6.45) is 1.38. The van der Waals surface area contributed by atoms with Crippen LogP contribution in [0.1, 0.15) is 52.3 Å². The number of oxime groups is 1. The Morgan fingerprint density at radius 3 is 2.89 bits per heavy atom. The predicted molar refractivity (Wildman–Crippen MR) is 105 cm³/mol. The van der Waals surface area contributed by atoms with E-state index in [4.69, 9.17) is 14.4 Å². The van der Waals surface area contributed by atoms with Gasteiger partial charge in [0.05, 0.1) is 18.7 Å². The highest BCUT2D eigenvalue weighted by Crippen LogP contribution is 2.30. The van der Waals surface area contributed by atoms with E-state index in [1.54, 1.807) is 19.9 Å². The number of amides is 1. The fourth-order valence-corrected chi connectivity index (χ4v) is 3.75. The summed E-state index contributed by atoms with van der Waals surface area (Å²) in [4.78, 5) is 29.1. The highest BCUT2D eigenvalue weighted by molar-refractivity contribution is 8.16. The first kappa shape index (κ1) is 21.0. The van der Waals surface area contributed by atoms with Crippen LogP contribution in [0.25, 0.3) is 0 Å². The largest absolute Gasteiger partial charge is 0.493 e. The predicted octanol–water partition coefficient (Wildman–Crippen LogP) is 2.75. The molecule has 1 amide bonds. The van der Waals surface area contributed by atoms with E-state index in [9.17, 15) is 9.59 Å². The van der Waals surface area contributed by atoms with E-state index in [0.717, 1.165) is 6.42 Å². The Kier molecular flexibility index (Phi) is 7.06. The molecule has 2 rings (SSSR count). The second-order valence-electron chi connectivity index (χ2n) is 6.43. The third-order valence-electron chi connectivity index (χ3n) is 4.09. The second-order valence-corrected chi connectivity index (χ2v) is 7.39. The number of hydrogen-bond acceptors (Lipinski definition) is 8. The molecule has 1 aliphatic heterocycles. The quantitative estimate of drug-likeness (QED) is 0.397. The lowest BCUT2D eigenvalue weighted by Gasteiger charge is -2.24. The van der Waals surface area contributed by atoms with Gasteiger partial charge in [-0.05, 0) is 27.2 Å². The number of aliphatic imine (C=N–C) groups is 1. The van der Waals surface area contributed by atoms with Crippen LogP contribution in [0, 0.1) is 0 Å². The summed E-state index contributed by atoms with van der Waals surface area (Å²) in [6, 6.07) is 2.44. The SMILES string of the molecule is CCC[C@@H](NC(=O)[C@]1(C)CSC(/C(C)=N/O)=N1)c1cc(OCC)cc(=O)o1. The second kappa shape index (κ2) is 9.07. The minimum Gasteiger partial charge on any atom is -0.493 e. The molecule has 0 aliphatic carbocycles. The first-order chi connectivity index (χ1) is 12.8. The Bertz CT molecular complexity index is 804. The minimum atomic E-state index is -0.990. The van der Waals surface area contributed by atoms with Crippen LogP contribution in [0.15, 0.2) is 31.5 Å². The Morgan fingerprint density at radius 1 is 1.52 bits per heavy atom. The normalized spacial score (nSPS) is 20.9. The maximum Gasteiger partial charge on any atom is 0.339 e. The first-order valence-electron chi connectivity index (χ1n) is 8.83. The molecule has 9 heteroatoms. The van der Waals surface area contributed by atoms with E-state index in [1.165, 1.54) is 17.8 Å². The number of nitrogens with zero attached hydrogens (tertiary/aromatic N) is 2. The van der Waals surface area contributed by atoms with Gasteiger partial charge in [0.2, 0.25) is 5.91 Å². The fourth-order valence-electron chi connectivity index (χ4n) is 2.62. The summed E-state index contributed by atoms with van der Waals surface area (Å²) in [7, 11) is 0. The molecular weight excluding hydrogens is 370 g/mol. The maximum atomic E-state index is 12.9. The van der Waals surface area contributed by atoms with Crippen molar-refractivity contribution in [3.05, 3.63) is 28.3 Å². The summed E-state index contributed by atoms with van der Waals surface area (Å²) in [5.41, 5.74) is -1.14. The Balaban J connectivity index is 2.25. The van der Waals surface area contributed by atoms with Gasteiger partial charge in [0, 0.05) is 11.8 Å². The fraction of sp³-hybridized carbons (Fsp3) is 0.556. The highest BCUT2D eigenvalue weighted by atomic mass is 32.2. The molecule has 27 heavy (non-hydrogen) atoms. The molecule has 0 bridgehead atoms. The monoisotopic (exact) mass is 395 g/mol. The molecule has 2 N–H and O–H groups in total. The van der Waals surface area contributed by atoms with Crippen LogP contribution >= 0.6 is 11.8 Å². The lowest BCUT2D eigenvalue weighted by Crippen LogP contribution is -2.45. The summed E-state index contributed by atoms with van der Waals surface area (Å²) >= 11 is 1.36. The summed E-state index contributed by atoms with van der Waals surface area (Å²) in [5.74, 6) is 0.922. The van der Waals surface area contributed by atoms with Crippen molar-refractivity contribution < 1.29 is 19.2 Å². The van der Waals surface area contributed by atoms with Crippen molar-refractivity contribution >= 4 is 28.4 Å². The molecule has 0 spiro atoms. The molecule has 2 heterocycles. The smallest absolute Gasteiger partial charge is 0.339 e. The number of carbonyl (C=O) groups is 1. The maximum absolute atomic E-state index is 12.9. The third-order valence-corrected chi connectivity index (χ3v) is 5.45. The van der Waals surface area contributed by atoms with Gasteiger partial charge in [-0.1, -0.05) is 18.5 Å². The summed E-state index contributed by atoms with van der Waals surface area (Å²) in [5, 5.41) is 15.5. The molecule has 2 atom stereocenters. The Morgan fingerprint density at radius 2 is 2.26 bits per heavy atom. The van der Waals surface area contributed by atoms with Crippen LogP contribution in [-0.4, -0.2) is 39.8 Å². The minimum absolute atomic E-state index is 0.279. The van der Waals surface area contributed by atoms with Crippen LogP contribution in [0.2, 0.25) is 0 Å². The van der Waals surface area contributed by atoms with Gasteiger partial charge in [-0.3, -0.25) is 9.79 Å². The topological polar surface area (TPSA) is 113 Å². The van der Waals surface area contributed by atoms with Crippen LogP contribution in [0.4, 0.5) is 0 Å². The van der Waals surface area contributed by atoms with E-state index in [0.29, 0.717) is 41.0 Å². The molecule has 0 radical (unpaired) electrons. The van der Waals surface area contributed by atoms with Crippen LogP contribution < -0.4 is 15.7 Å². The van der Waals surface area contributed by atoms with E-state index < -0.39 is 17.2 Å². The van der Waals surface area contributed by atoms with Gasteiger partial charge in [0.25, 0.3) is 0 Å². The van der Waals surface area contributed by atoms with Gasteiger partial charge in [-0.15, -0.1) is 11.8 Å². The van der Waals surface area contributed by atoms with Crippen molar-refractivity contribution in [1.29, 1.82) is 0 Å². The number of carbonyl (C=O) groups excluding carboxylic acids is 1. The molecule has 0 unspecified atom stereocenters. The number of ether oxygens (including phenoxy) is 1. The molecule has 0 saturated heterocycles. The first-order valence-corrected chi connectivity index (χ1v) is 9.82. The molecular formula is C18H25N3O5S. The molecule has 1 aromatic heterocycles. The summed E-state index contributed by atoms with van der Waals surface area (Å²) in [6.45, 7) is 7.58. The molecule has 0 saturated carbocycles. The Labute approximate surface area is 162 Å². The van der Waals surface area contributed by atoms with Gasteiger partial charge in [0.15, 0.2) is 0 Å². The number of thioether (sulfide) groups is 1. The number of rotatable bonds is 8. The third kappa shape index (κ3) is 5.12. The zero-order valence-electron chi connectivity index (χ0n) is 15.9. The van der Waals surface area contributed by atoms with Crippen molar-refractivity contribution in [2.24, 2.45) is 10.1 Å². The molecule has 8 nitrogen and oxygen atoms in total. The van der Waals surface area contributed by atoms with Crippen LogP contribution in [0.3, 0.4) is 0 Å². The molecule has 148 valence electrons. The molecule has 0 fully saturated rings. The Hall–Kier alpha value is -2.29. The zero-order valence-corrected chi connectivity index (χ0v) is 16.8. The van der Waals surface area contributed by atoms with E-state index in [-0.39, 0.29) is 5.91 Å². The van der Waals surface area contributed by atoms with Gasteiger partial charge in [0.1, 0.15) is 27.8 Å².